The lowest BCUT2D eigenvalue weighted by molar-refractivity contribution is -0.143. The highest BCUT2D eigenvalue weighted by molar-refractivity contribution is 6.05. The van der Waals surface area contributed by atoms with Gasteiger partial charge in [-0.15, -0.1) is 0 Å². The van der Waals surface area contributed by atoms with Crippen LogP contribution in [0.5, 0.6) is 0 Å². The highest BCUT2D eigenvalue weighted by Gasteiger charge is 2.19. The van der Waals surface area contributed by atoms with Crippen LogP contribution in [0, 0.1) is 5.92 Å². The van der Waals surface area contributed by atoms with Crippen molar-refractivity contribution in [2.24, 2.45) is 5.92 Å². The van der Waals surface area contributed by atoms with E-state index < -0.39 is 35.1 Å². The van der Waals surface area contributed by atoms with E-state index in [9.17, 15) is 24.0 Å². The van der Waals surface area contributed by atoms with Gasteiger partial charge in [-0.3, -0.25) is 29.3 Å². The summed E-state index contributed by atoms with van der Waals surface area (Å²) in [5.41, 5.74) is -0.242. The number of pyridine rings is 1. The fourth-order valence-electron chi connectivity index (χ4n) is 2.83. The lowest BCUT2D eigenvalue weighted by atomic mass is 10.1. The van der Waals surface area contributed by atoms with E-state index in [0.717, 1.165) is 38.5 Å². The smallest absolute Gasteiger partial charge is 0.306 e. The second-order valence-corrected chi connectivity index (χ2v) is 7.44. The lowest BCUT2D eigenvalue weighted by Gasteiger charge is -2.06. The highest BCUT2D eigenvalue weighted by atomic mass is 16.4. The van der Waals surface area contributed by atoms with Gasteiger partial charge in [-0.1, -0.05) is 38.7 Å². The van der Waals surface area contributed by atoms with Gasteiger partial charge in [0.2, 0.25) is 5.91 Å². The third kappa shape index (κ3) is 10.9. The van der Waals surface area contributed by atoms with Crippen LogP contribution in [0.4, 0.5) is 0 Å². The van der Waals surface area contributed by atoms with Crippen LogP contribution in [-0.2, 0) is 14.4 Å². The van der Waals surface area contributed by atoms with E-state index in [1.165, 1.54) is 19.2 Å². The van der Waals surface area contributed by atoms with Crippen LogP contribution in [0.15, 0.2) is 23.1 Å². The van der Waals surface area contributed by atoms with E-state index in [2.05, 4.69) is 4.98 Å². The van der Waals surface area contributed by atoms with E-state index in [0.29, 0.717) is 12.1 Å². The molecule has 0 unspecified atom stereocenters. The normalized spacial score (nSPS) is 11.9. The molecule has 1 atom stereocenters. The zero-order valence-corrected chi connectivity index (χ0v) is 17.7. The van der Waals surface area contributed by atoms with Crippen LogP contribution in [0.1, 0.15) is 80.8 Å². The number of carbonyl (C=O) groups excluding carboxylic acids is 2. The van der Waals surface area contributed by atoms with Crippen molar-refractivity contribution < 1.29 is 29.4 Å². The van der Waals surface area contributed by atoms with E-state index in [1.54, 1.807) is 6.08 Å². The van der Waals surface area contributed by atoms with E-state index in [-0.39, 0.29) is 18.4 Å². The predicted molar refractivity (Wildman–Crippen MR) is 115 cm³/mol. The van der Waals surface area contributed by atoms with Gasteiger partial charge < -0.3 is 15.2 Å². The maximum atomic E-state index is 12.1. The molecular weight excluding hydrogens is 404 g/mol. The van der Waals surface area contributed by atoms with E-state index in [1.807, 2.05) is 11.4 Å². The number of aromatic amines is 1. The summed E-state index contributed by atoms with van der Waals surface area (Å²) in [5.74, 6) is -4.47. The van der Waals surface area contributed by atoms with Crippen molar-refractivity contribution in [2.75, 3.05) is 0 Å². The molecule has 0 aliphatic heterocycles. The standard InChI is InChI=1S/C22H30N2O7/c1-15(22(30)31)12-19(26)24-21(29)17-14-23-16(13-18(17)25)10-8-6-4-2-3-5-7-9-11-20(27)28/h8,10,13-15H,2-7,9,11-12H2,1H3,(H,23,25)(H,27,28)(H,30,31)(H,24,26,29)/b10-8-/t15-/m0/s1. The first-order valence-electron chi connectivity index (χ1n) is 10.4. The zero-order valence-electron chi connectivity index (χ0n) is 17.7. The molecule has 1 aromatic heterocycles. The highest BCUT2D eigenvalue weighted by Crippen LogP contribution is 2.09. The van der Waals surface area contributed by atoms with Crippen molar-refractivity contribution in [3.05, 3.63) is 39.8 Å². The van der Waals surface area contributed by atoms with Crippen LogP contribution in [-0.4, -0.2) is 39.0 Å². The SMILES string of the molecule is C[C@@H](CC(=O)NC(=O)c1c[nH]c(/C=C\CCCCCCCCC(=O)O)cc1=O)C(=O)O. The quantitative estimate of drug-likeness (QED) is 0.328. The Morgan fingerprint density at radius 3 is 2.32 bits per heavy atom. The monoisotopic (exact) mass is 434 g/mol. The number of hydrogen-bond donors (Lipinski definition) is 4. The molecule has 0 spiro atoms. The number of carboxylic acid groups (broad SMARTS) is 2. The number of unbranched alkanes of at least 4 members (excludes halogenated alkanes) is 6. The summed E-state index contributed by atoms with van der Waals surface area (Å²) < 4.78 is 0. The van der Waals surface area contributed by atoms with Gasteiger partial charge in [0, 0.05) is 30.8 Å². The first-order chi connectivity index (χ1) is 14.7. The van der Waals surface area contributed by atoms with Gasteiger partial charge >= 0.3 is 11.9 Å². The van der Waals surface area contributed by atoms with Crippen molar-refractivity contribution in [1.82, 2.24) is 10.3 Å². The number of nitrogens with one attached hydrogen (secondary N) is 2. The number of rotatable bonds is 14. The number of carboxylic acids is 2. The Labute approximate surface area is 180 Å². The number of carbonyl (C=O) groups is 4. The molecule has 9 heteroatoms. The Kier molecular flexibility index (Phi) is 11.6. The molecule has 31 heavy (non-hydrogen) atoms. The number of hydrogen-bond acceptors (Lipinski definition) is 5. The molecule has 0 fully saturated rings. The van der Waals surface area contributed by atoms with Crippen LogP contribution in [0.2, 0.25) is 0 Å². The van der Waals surface area contributed by atoms with Crippen LogP contribution in [0.25, 0.3) is 6.08 Å². The molecule has 0 aliphatic carbocycles. The summed E-state index contributed by atoms with van der Waals surface area (Å²) in [4.78, 5) is 59.9. The molecule has 0 saturated carbocycles. The number of aromatic nitrogens is 1. The van der Waals surface area contributed by atoms with Gasteiger partial charge in [-0.25, -0.2) is 0 Å². The van der Waals surface area contributed by atoms with Gasteiger partial charge in [0.05, 0.1) is 5.92 Å². The maximum Gasteiger partial charge on any atom is 0.306 e. The summed E-state index contributed by atoms with van der Waals surface area (Å²) in [5, 5.41) is 19.4. The maximum absolute atomic E-state index is 12.1. The van der Waals surface area contributed by atoms with Crippen molar-refractivity contribution in [3.8, 4) is 0 Å². The van der Waals surface area contributed by atoms with Crippen molar-refractivity contribution >= 4 is 29.8 Å². The second kappa shape index (κ2) is 13.9. The average Bonchev–Trinajstić information content (AvgIpc) is 2.68. The average molecular weight is 434 g/mol. The fraction of sp³-hybridized carbons (Fsp3) is 0.500. The van der Waals surface area contributed by atoms with Crippen molar-refractivity contribution in [1.29, 1.82) is 0 Å². The molecule has 9 nitrogen and oxygen atoms in total. The molecule has 0 radical (unpaired) electrons. The summed E-state index contributed by atoms with van der Waals surface area (Å²) in [7, 11) is 0. The summed E-state index contributed by atoms with van der Waals surface area (Å²) in [6, 6.07) is 1.26. The van der Waals surface area contributed by atoms with Crippen molar-refractivity contribution in [2.45, 2.75) is 64.7 Å². The Balaban J connectivity index is 2.38. The third-order valence-corrected chi connectivity index (χ3v) is 4.65. The topological polar surface area (TPSA) is 154 Å². The minimum absolute atomic E-state index is 0.224. The molecule has 1 aromatic rings. The molecule has 0 saturated heterocycles. The number of allylic oxidation sites excluding steroid dienone is 1. The van der Waals surface area contributed by atoms with Crippen LogP contribution < -0.4 is 10.7 Å². The molecule has 170 valence electrons. The molecule has 4 N–H and O–H groups in total. The van der Waals surface area contributed by atoms with E-state index >= 15 is 0 Å². The fourth-order valence-corrected chi connectivity index (χ4v) is 2.83. The first-order valence-corrected chi connectivity index (χ1v) is 10.4. The zero-order chi connectivity index (χ0) is 23.2. The van der Waals surface area contributed by atoms with Crippen LogP contribution >= 0.6 is 0 Å². The first kappa shape index (κ1) is 25.8. The minimum atomic E-state index is -1.15. The molecule has 0 bridgehead atoms. The predicted octanol–water partition coefficient (Wildman–Crippen LogP) is 2.96. The van der Waals surface area contributed by atoms with Gasteiger partial charge in [-0.05, 0) is 25.3 Å². The molecule has 0 aliphatic rings. The molecule has 1 rings (SSSR count). The Morgan fingerprint density at radius 2 is 1.71 bits per heavy atom. The summed E-state index contributed by atoms with van der Waals surface area (Å²) in [6.45, 7) is 1.35. The van der Waals surface area contributed by atoms with E-state index in [4.69, 9.17) is 10.2 Å². The minimum Gasteiger partial charge on any atom is -0.481 e. The number of amides is 2. The molecular formula is C22H30N2O7. The second-order valence-electron chi connectivity index (χ2n) is 7.44. The molecule has 0 aromatic carbocycles. The molecule has 2 amide bonds. The third-order valence-electron chi connectivity index (χ3n) is 4.65. The van der Waals surface area contributed by atoms with Gasteiger partial charge in [-0.2, -0.15) is 0 Å². The Morgan fingerprint density at radius 1 is 1.06 bits per heavy atom. The molecule has 1 heterocycles. The Bertz CT molecular complexity index is 858. The van der Waals surface area contributed by atoms with Crippen LogP contribution in [0.3, 0.4) is 0 Å². The summed E-state index contributed by atoms with van der Waals surface area (Å²) >= 11 is 0. The van der Waals surface area contributed by atoms with Gasteiger partial charge in [0.25, 0.3) is 5.91 Å². The van der Waals surface area contributed by atoms with Gasteiger partial charge in [0.15, 0.2) is 5.43 Å². The lowest BCUT2D eigenvalue weighted by Crippen LogP contribution is -2.35. The van der Waals surface area contributed by atoms with Gasteiger partial charge in [0.1, 0.15) is 5.56 Å². The number of imide groups is 1. The largest absolute Gasteiger partial charge is 0.481 e. The van der Waals surface area contributed by atoms with Crippen molar-refractivity contribution in [3.63, 3.8) is 0 Å². The number of H-pyrrole nitrogens is 1. The number of aliphatic carboxylic acids is 2. The Hall–Kier alpha value is -3.23. The summed E-state index contributed by atoms with van der Waals surface area (Å²) in [6.07, 6.45) is 11.3.